The van der Waals surface area contributed by atoms with Crippen LogP contribution in [0, 0.1) is 23.6 Å². The van der Waals surface area contributed by atoms with Crippen LogP contribution in [0.5, 0.6) is 0 Å². The van der Waals surface area contributed by atoms with Gasteiger partial charge in [-0.15, -0.1) is 0 Å². The highest BCUT2D eigenvalue weighted by Gasteiger charge is 2.39. The summed E-state index contributed by atoms with van der Waals surface area (Å²) in [4.78, 5) is 10.1. The van der Waals surface area contributed by atoms with Crippen molar-refractivity contribution >= 4 is 11.8 Å². The quantitative estimate of drug-likeness (QED) is 0.907. The zero-order valence-corrected chi connectivity index (χ0v) is 11.6. The van der Waals surface area contributed by atoms with Crippen LogP contribution in [0.1, 0.15) is 25.7 Å². The third-order valence-corrected chi connectivity index (χ3v) is 4.70. The molecule has 19 heavy (non-hydrogen) atoms. The second kappa shape index (κ2) is 4.94. The first-order chi connectivity index (χ1) is 9.17. The average molecular weight is 264 g/mol. The van der Waals surface area contributed by atoms with E-state index in [4.69, 9.17) is 0 Å². The van der Waals surface area contributed by atoms with Crippen LogP contribution in [0.15, 0.2) is 6.20 Å². The third kappa shape index (κ3) is 2.38. The Morgan fingerprint density at radius 1 is 1.42 bits per heavy atom. The first-order valence-electron chi connectivity index (χ1n) is 7.08. The molecule has 0 radical (unpaired) electrons. The summed E-state index contributed by atoms with van der Waals surface area (Å²) < 4.78 is 13.8. The SMILES string of the molecule is CNc1ncc(F)c(N(C)CC2CC3CCC2C3)n1. The molecule has 0 aromatic carbocycles. The van der Waals surface area contributed by atoms with Gasteiger partial charge in [-0.3, -0.25) is 0 Å². The van der Waals surface area contributed by atoms with Crippen molar-refractivity contribution in [1.29, 1.82) is 0 Å². The Labute approximate surface area is 113 Å². The molecule has 0 amide bonds. The highest BCUT2D eigenvalue weighted by Crippen LogP contribution is 2.48. The third-order valence-electron chi connectivity index (χ3n) is 4.70. The second-order valence-electron chi connectivity index (χ2n) is 5.93. The minimum absolute atomic E-state index is 0.343. The van der Waals surface area contributed by atoms with Gasteiger partial charge in [-0.1, -0.05) is 6.42 Å². The van der Waals surface area contributed by atoms with Gasteiger partial charge < -0.3 is 10.2 Å². The van der Waals surface area contributed by atoms with Gasteiger partial charge in [0.1, 0.15) is 0 Å². The summed E-state index contributed by atoms with van der Waals surface area (Å²) in [7, 11) is 3.67. The van der Waals surface area contributed by atoms with Crippen molar-refractivity contribution in [3.8, 4) is 0 Å². The summed E-state index contributed by atoms with van der Waals surface area (Å²) >= 11 is 0. The largest absolute Gasteiger partial charge is 0.357 e. The van der Waals surface area contributed by atoms with E-state index < -0.39 is 0 Å². The van der Waals surface area contributed by atoms with Crippen LogP contribution < -0.4 is 10.2 Å². The molecule has 1 N–H and O–H groups in total. The number of halogens is 1. The maximum Gasteiger partial charge on any atom is 0.224 e. The molecule has 1 aromatic rings. The maximum atomic E-state index is 13.8. The van der Waals surface area contributed by atoms with E-state index in [1.165, 1.54) is 31.9 Å². The Morgan fingerprint density at radius 2 is 2.26 bits per heavy atom. The molecule has 2 saturated carbocycles. The molecule has 2 bridgehead atoms. The van der Waals surface area contributed by atoms with Gasteiger partial charge in [0.15, 0.2) is 11.6 Å². The van der Waals surface area contributed by atoms with Crippen LogP contribution >= 0.6 is 0 Å². The normalized spacial score (nSPS) is 28.7. The molecule has 3 atom stereocenters. The van der Waals surface area contributed by atoms with Gasteiger partial charge in [-0.05, 0) is 37.0 Å². The van der Waals surface area contributed by atoms with Gasteiger partial charge >= 0.3 is 0 Å². The van der Waals surface area contributed by atoms with Crippen molar-refractivity contribution < 1.29 is 4.39 Å². The zero-order chi connectivity index (χ0) is 13.4. The minimum atomic E-state index is -0.343. The van der Waals surface area contributed by atoms with E-state index >= 15 is 0 Å². The van der Waals surface area contributed by atoms with Gasteiger partial charge in [0.2, 0.25) is 5.95 Å². The zero-order valence-electron chi connectivity index (χ0n) is 11.6. The molecule has 2 aliphatic rings. The number of nitrogens with one attached hydrogen (secondary N) is 1. The molecule has 0 spiro atoms. The molecule has 5 heteroatoms. The number of hydrogen-bond donors (Lipinski definition) is 1. The predicted molar refractivity (Wildman–Crippen MR) is 73.7 cm³/mol. The molecule has 2 fully saturated rings. The monoisotopic (exact) mass is 264 g/mol. The van der Waals surface area contributed by atoms with Crippen LogP contribution in [0.2, 0.25) is 0 Å². The summed E-state index contributed by atoms with van der Waals surface area (Å²) in [6.07, 6.45) is 6.69. The molecule has 3 rings (SSSR count). The predicted octanol–water partition coefficient (Wildman–Crippen LogP) is 2.53. The second-order valence-corrected chi connectivity index (χ2v) is 5.93. The van der Waals surface area contributed by atoms with Crippen molar-refractivity contribution in [2.24, 2.45) is 17.8 Å². The smallest absolute Gasteiger partial charge is 0.224 e. The van der Waals surface area contributed by atoms with Gasteiger partial charge in [0, 0.05) is 20.6 Å². The molecule has 3 unspecified atom stereocenters. The number of aromatic nitrogens is 2. The fourth-order valence-corrected chi connectivity index (χ4v) is 3.78. The highest BCUT2D eigenvalue weighted by molar-refractivity contribution is 5.43. The maximum absolute atomic E-state index is 13.8. The van der Waals surface area contributed by atoms with Crippen LogP contribution in [0.3, 0.4) is 0 Å². The van der Waals surface area contributed by atoms with Gasteiger partial charge in [0.05, 0.1) is 6.20 Å². The lowest BCUT2D eigenvalue weighted by atomic mass is 9.88. The lowest BCUT2D eigenvalue weighted by Crippen LogP contribution is -2.30. The molecule has 1 heterocycles. The fourth-order valence-electron chi connectivity index (χ4n) is 3.78. The summed E-state index contributed by atoms with van der Waals surface area (Å²) in [6.45, 7) is 0.901. The van der Waals surface area contributed by atoms with E-state index in [0.717, 1.165) is 18.4 Å². The number of fused-ring (bicyclic) bond motifs is 2. The van der Waals surface area contributed by atoms with Crippen LogP contribution in [0.4, 0.5) is 16.2 Å². The van der Waals surface area contributed by atoms with E-state index in [2.05, 4.69) is 15.3 Å². The lowest BCUT2D eigenvalue weighted by Gasteiger charge is -2.28. The number of nitrogens with zero attached hydrogens (tertiary/aromatic N) is 3. The molecular weight excluding hydrogens is 243 g/mol. The number of rotatable bonds is 4. The van der Waals surface area contributed by atoms with Crippen LogP contribution in [0.25, 0.3) is 0 Å². The van der Waals surface area contributed by atoms with E-state index in [0.29, 0.717) is 17.7 Å². The van der Waals surface area contributed by atoms with Crippen molar-refractivity contribution in [2.45, 2.75) is 25.7 Å². The lowest BCUT2D eigenvalue weighted by molar-refractivity contribution is 0.336. The summed E-state index contributed by atoms with van der Waals surface area (Å²) in [5.74, 6) is 3.01. The Bertz CT molecular complexity index is 465. The van der Waals surface area contributed by atoms with Gasteiger partial charge in [-0.25, -0.2) is 9.37 Å². The van der Waals surface area contributed by atoms with Gasteiger partial charge in [-0.2, -0.15) is 4.98 Å². The molecule has 2 aliphatic carbocycles. The Balaban J connectivity index is 1.71. The Hall–Kier alpha value is -1.39. The van der Waals surface area contributed by atoms with E-state index in [1.807, 2.05) is 11.9 Å². The molecule has 0 saturated heterocycles. The van der Waals surface area contributed by atoms with E-state index in [-0.39, 0.29) is 5.82 Å². The number of anilines is 2. The van der Waals surface area contributed by atoms with Crippen molar-refractivity contribution in [3.63, 3.8) is 0 Å². The first-order valence-corrected chi connectivity index (χ1v) is 7.08. The van der Waals surface area contributed by atoms with E-state index in [1.54, 1.807) is 7.05 Å². The summed E-state index contributed by atoms with van der Waals surface area (Å²) in [5, 5.41) is 2.85. The van der Waals surface area contributed by atoms with Crippen molar-refractivity contribution in [3.05, 3.63) is 12.0 Å². The molecular formula is C14H21FN4. The standard InChI is InChI=1S/C14H21FN4/c1-16-14-17-7-12(15)13(18-14)19(2)8-11-6-9-3-4-10(11)5-9/h7,9-11H,3-6,8H2,1-2H3,(H,16,17,18). The van der Waals surface area contributed by atoms with E-state index in [9.17, 15) is 4.39 Å². The first kappa shape index (κ1) is 12.6. The topological polar surface area (TPSA) is 41.1 Å². The average Bonchev–Trinajstić information content (AvgIpc) is 3.01. The number of hydrogen-bond acceptors (Lipinski definition) is 4. The van der Waals surface area contributed by atoms with Crippen LogP contribution in [-0.2, 0) is 0 Å². The highest BCUT2D eigenvalue weighted by atomic mass is 19.1. The Kier molecular flexibility index (Phi) is 3.29. The van der Waals surface area contributed by atoms with Crippen LogP contribution in [-0.4, -0.2) is 30.6 Å². The molecule has 4 nitrogen and oxygen atoms in total. The summed E-state index contributed by atoms with van der Waals surface area (Å²) in [5.41, 5.74) is 0. The van der Waals surface area contributed by atoms with Crippen molar-refractivity contribution in [2.75, 3.05) is 30.9 Å². The summed E-state index contributed by atoms with van der Waals surface area (Å²) in [6, 6.07) is 0. The molecule has 0 aliphatic heterocycles. The Morgan fingerprint density at radius 3 is 2.89 bits per heavy atom. The molecule has 104 valence electrons. The minimum Gasteiger partial charge on any atom is -0.357 e. The molecule has 1 aromatic heterocycles. The van der Waals surface area contributed by atoms with Crippen molar-refractivity contribution in [1.82, 2.24) is 9.97 Å². The van der Waals surface area contributed by atoms with Gasteiger partial charge in [0.25, 0.3) is 0 Å². The fraction of sp³-hybridized carbons (Fsp3) is 0.714.